The second-order valence-corrected chi connectivity index (χ2v) is 7.56. The van der Waals surface area contributed by atoms with E-state index < -0.39 is 0 Å². The van der Waals surface area contributed by atoms with Gasteiger partial charge in [-0.15, -0.1) is 0 Å². The molecule has 28 heavy (non-hydrogen) atoms. The van der Waals surface area contributed by atoms with Crippen LogP contribution in [0.15, 0.2) is 42.5 Å². The van der Waals surface area contributed by atoms with E-state index in [1.54, 1.807) is 24.3 Å². The van der Waals surface area contributed by atoms with Gasteiger partial charge in [-0.2, -0.15) is 5.06 Å². The summed E-state index contributed by atoms with van der Waals surface area (Å²) in [6.07, 6.45) is 5.40. The molecule has 0 bridgehead atoms. The lowest BCUT2D eigenvalue weighted by Gasteiger charge is -2.31. The number of amides is 1. The van der Waals surface area contributed by atoms with E-state index in [0.29, 0.717) is 28.1 Å². The molecule has 0 saturated carbocycles. The Labute approximate surface area is 176 Å². The molecule has 0 radical (unpaired) electrons. The first-order valence-corrected chi connectivity index (χ1v) is 9.74. The third-order valence-electron chi connectivity index (χ3n) is 4.18. The predicted octanol–water partition coefficient (Wildman–Crippen LogP) is 5.62. The average Bonchev–Trinajstić information content (AvgIpc) is 2.61. The number of hydrogen-bond donors (Lipinski definition) is 0. The van der Waals surface area contributed by atoms with Gasteiger partial charge < -0.3 is 9.57 Å². The van der Waals surface area contributed by atoms with Crippen LogP contribution < -0.4 is 4.84 Å². The van der Waals surface area contributed by atoms with Gasteiger partial charge in [0.05, 0.1) is 18.2 Å². The molecule has 0 aliphatic rings. The molecule has 2 unspecified atom stereocenters. The molecule has 2 atom stereocenters. The van der Waals surface area contributed by atoms with Crippen molar-refractivity contribution in [3.8, 4) is 5.75 Å². The number of carbonyl (C=O) groups is 2. The monoisotopic (exact) mass is 427 g/mol. The fourth-order valence-electron chi connectivity index (χ4n) is 2.59. The van der Waals surface area contributed by atoms with E-state index in [4.69, 9.17) is 28.0 Å². The second-order valence-electron chi connectivity index (χ2n) is 6.72. The molecule has 7 heteroatoms. The van der Waals surface area contributed by atoms with E-state index in [1.165, 1.54) is 25.2 Å². The van der Waals surface area contributed by atoms with Gasteiger partial charge >= 0.3 is 5.97 Å². The van der Waals surface area contributed by atoms with Crippen molar-refractivity contribution in [2.24, 2.45) is 5.92 Å². The molecule has 1 amide bonds. The third kappa shape index (κ3) is 7.95. The SMILES string of the molecule is C=C(C)C(CCC(C)C/C=C/C(=O)OC)N(Oc1ccc(Cl)cc1Cl)C(C)=O. The molecule has 0 N–H and O–H groups in total. The normalized spacial score (nSPS) is 13.1. The van der Waals surface area contributed by atoms with E-state index in [9.17, 15) is 9.59 Å². The van der Waals surface area contributed by atoms with Crippen molar-refractivity contribution in [1.82, 2.24) is 5.06 Å². The van der Waals surface area contributed by atoms with Gasteiger partial charge in [-0.25, -0.2) is 4.79 Å². The number of allylic oxidation sites excluding steroid dienone is 1. The molecular formula is C21H27Cl2NO4. The van der Waals surface area contributed by atoms with Crippen molar-refractivity contribution in [3.05, 3.63) is 52.5 Å². The van der Waals surface area contributed by atoms with Crippen LogP contribution in [0.1, 0.15) is 40.0 Å². The van der Waals surface area contributed by atoms with E-state index in [1.807, 2.05) is 6.92 Å². The number of esters is 1. The minimum atomic E-state index is -0.372. The molecule has 0 fully saturated rings. The summed E-state index contributed by atoms with van der Waals surface area (Å²) in [6.45, 7) is 9.37. The van der Waals surface area contributed by atoms with Crippen molar-refractivity contribution in [3.63, 3.8) is 0 Å². The number of ether oxygens (including phenoxy) is 1. The van der Waals surface area contributed by atoms with E-state index in [2.05, 4.69) is 18.2 Å². The van der Waals surface area contributed by atoms with Crippen LogP contribution in [0.2, 0.25) is 10.0 Å². The average molecular weight is 428 g/mol. The fraction of sp³-hybridized carbons (Fsp3) is 0.429. The molecule has 0 aliphatic carbocycles. The zero-order valence-corrected chi connectivity index (χ0v) is 18.2. The molecule has 1 aromatic carbocycles. The summed E-state index contributed by atoms with van der Waals surface area (Å²) in [5.41, 5.74) is 0.803. The number of hydroxylamine groups is 2. The zero-order chi connectivity index (χ0) is 21.3. The van der Waals surface area contributed by atoms with Crippen molar-refractivity contribution in [2.75, 3.05) is 7.11 Å². The minimum absolute atomic E-state index is 0.253. The molecule has 0 spiro atoms. The Balaban J connectivity index is 2.81. The lowest BCUT2D eigenvalue weighted by Crippen LogP contribution is -2.42. The van der Waals surface area contributed by atoms with Crippen molar-refractivity contribution in [1.29, 1.82) is 0 Å². The van der Waals surface area contributed by atoms with Gasteiger partial charge in [0.2, 0.25) is 0 Å². The summed E-state index contributed by atoms with van der Waals surface area (Å²) < 4.78 is 4.58. The van der Waals surface area contributed by atoms with Crippen LogP contribution in [0.25, 0.3) is 0 Å². The molecule has 1 rings (SSSR count). The summed E-state index contributed by atoms with van der Waals surface area (Å²) in [5, 5.41) is 2.10. The van der Waals surface area contributed by atoms with Crippen LogP contribution in [0.3, 0.4) is 0 Å². The maximum atomic E-state index is 12.2. The molecule has 5 nitrogen and oxygen atoms in total. The summed E-state index contributed by atoms with van der Waals surface area (Å²) in [5.74, 6) is 0.0255. The lowest BCUT2D eigenvalue weighted by molar-refractivity contribution is -0.161. The molecule has 0 saturated heterocycles. The smallest absolute Gasteiger partial charge is 0.330 e. The highest BCUT2D eigenvalue weighted by Crippen LogP contribution is 2.30. The second kappa shape index (κ2) is 11.8. The Hall–Kier alpha value is -1.98. The highest BCUT2D eigenvalue weighted by molar-refractivity contribution is 6.35. The molecule has 154 valence electrons. The summed E-state index contributed by atoms with van der Waals surface area (Å²) in [6, 6.07) is 4.52. The Morgan fingerprint density at radius 2 is 1.93 bits per heavy atom. The number of methoxy groups -OCH3 is 1. The maximum Gasteiger partial charge on any atom is 0.330 e. The highest BCUT2D eigenvalue weighted by Gasteiger charge is 2.25. The minimum Gasteiger partial charge on any atom is -0.466 e. The van der Waals surface area contributed by atoms with Gasteiger partial charge in [0, 0.05) is 18.0 Å². The number of rotatable bonds is 10. The van der Waals surface area contributed by atoms with Crippen LogP contribution >= 0.6 is 23.2 Å². The van der Waals surface area contributed by atoms with E-state index in [-0.39, 0.29) is 17.9 Å². The molecule has 1 aromatic rings. The van der Waals surface area contributed by atoms with Crippen LogP contribution in [-0.4, -0.2) is 30.1 Å². The first kappa shape index (κ1) is 24.1. The van der Waals surface area contributed by atoms with Gasteiger partial charge in [0.25, 0.3) is 5.91 Å². The Morgan fingerprint density at radius 3 is 2.46 bits per heavy atom. The first-order chi connectivity index (χ1) is 13.1. The summed E-state index contributed by atoms with van der Waals surface area (Å²) >= 11 is 12.1. The van der Waals surface area contributed by atoms with Crippen LogP contribution in [0, 0.1) is 5.92 Å². The Bertz CT molecular complexity index is 733. The lowest BCUT2D eigenvalue weighted by atomic mass is 9.95. The van der Waals surface area contributed by atoms with Crippen molar-refractivity contribution < 1.29 is 19.2 Å². The van der Waals surface area contributed by atoms with Crippen molar-refractivity contribution >= 4 is 35.1 Å². The van der Waals surface area contributed by atoms with E-state index >= 15 is 0 Å². The number of halogens is 2. The molecule has 0 aliphatic heterocycles. The van der Waals surface area contributed by atoms with E-state index in [0.717, 1.165) is 18.4 Å². The largest absolute Gasteiger partial charge is 0.466 e. The fourth-order valence-corrected chi connectivity index (χ4v) is 3.03. The van der Waals surface area contributed by atoms with Gasteiger partial charge in [0.15, 0.2) is 5.75 Å². The van der Waals surface area contributed by atoms with Gasteiger partial charge in [-0.1, -0.05) is 48.4 Å². The quantitative estimate of drug-likeness (QED) is 0.210. The molecule has 0 heterocycles. The third-order valence-corrected chi connectivity index (χ3v) is 4.71. The molecular weight excluding hydrogens is 401 g/mol. The van der Waals surface area contributed by atoms with Crippen molar-refractivity contribution in [2.45, 2.75) is 46.1 Å². The number of carbonyl (C=O) groups excluding carboxylic acids is 2. The van der Waals surface area contributed by atoms with Gasteiger partial charge in [-0.3, -0.25) is 4.79 Å². The standard InChI is InChI=1S/C21H27Cl2NO4/c1-14(2)19(11-9-15(3)7-6-8-21(26)27-5)24(16(4)25)28-20-12-10-17(22)13-18(20)23/h6,8,10,12-13,15,19H,1,7,9,11H2,2-5H3/b8-6+. The first-order valence-electron chi connectivity index (χ1n) is 8.98. The van der Waals surface area contributed by atoms with Gasteiger partial charge in [-0.05, 0) is 50.3 Å². The van der Waals surface area contributed by atoms with Gasteiger partial charge in [0.1, 0.15) is 0 Å². The Kier molecular flexibility index (Phi) is 10.1. The Morgan fingerprint density at radius 1 is 1.25 bits per heavy atom. The molecule has 0 aromatic heterocycles. The topological polar surface area (TPSA) is 55.8 Å². The maximum absolute atomic E-state index is 12.2. The number of benzene rings is 1. The summed E-state index contributed by atoms with van der Waals surface area (Å²) in [7, 11) is 1.34. The zero-order valence-electron chi connectivity index (χ0n) is 16.7. The number of nitrogens with zero attached hydrogens (tertiary/aromatic N) is 1. The number of hydrogen-bond acceptors (Lipinski definition) is 4. The van der Waals surface area contributed by atoms with Crippen LogP contribution in [0.5, 0.6) is 5.75 Å². The van der Waals surface area contributed by atoms with Crippen LogP contribution in [0.4, 0.5) is 0 Å². The van der Waals surface area contributed by atoms with Crippen LogP contribution in [-0.2, 0) is 14.3 Å². The summed E-state index contributed by atoms with van der Waals surface area (Å²) in [4.78, 5) is 29.2. The predicted molar refractivity (Wildman–Crippen MR) is 112 cm³/mol. The highest BCUT2D eigenvalue weighted by atomic mass is 35.5.